The van der Waals surface area contributed by atoms with Crippen LogP contribution in [0.25, 0.3) is 111 Å². The molecule has 64 heavy (non-hydrogen) atoms. The number of para-hydroxylation sites is 1. The topological polar surface area (TPSA) is 38.9 Å². The van der Waals surface area contributed by atoms with Gasteiger partial charge in [0.15, 0.2) is 5.82 Å². The van der Waals surface area contributed by atoms with Gasteiger partial charge in [0, 0.05) is 27.5 Å². The highest BCUT2D eigenvalue weighted by atomic mass is 16.3. The maximum atomic E-state index is 6.28. The monoisotopic (exact) mass is 820 g/mol. The molecule has 12 rings (SSSR count). The van der Waals surface area contributed by atoms with Gasteiger partial charge in [-0.1, -0.05) is 158 Å². The van der Waals surface area contributed by atoms with E-state index in [9.17, 15) is 0 Å². The summed E-state index contributed by atoms with van der Waals surface area (Å²) in [5.41, 5.74) is 18.9. The number of hydrogen-bond acceptors (Lipinski definition) is 3. The molecular weight excluding hydrogens is 777 g/mol. The van der Waals surface area contributed by atoms with Crippen molar-refractivity contribution < 1.29 is 4.42 Å². The molecule has 2 heterocycles. The second-order valence-corrected chi connectivity index (χ2v) is 17.3. The Labute approximate surface area is 373 Å². The number of nitrogens with zero attached hydrogens (tertiary/aromatic N) is 2. The zero-order valence-corrected chi connectivity index (χ0v) is 35.6. The second kappa shape index (κ2) is 15.8. The fraction of sp³-hybridized carbons (Fsp3) is 0.0820. The van der Waals surface area contributed by atoms with Gasteiger partial charge in [0.25, 0.3) is 0 Å². The SMILES string of the molecule is Cc1ccccc1-c1cc(-c2cc(-c3ccc4oc5ccccc5c4c3)cc(-c3cc(-c4ccc(-c5ccc6ccccc6c5)cc4)nc(-c4ccccc4)n3)c2)ccc1C1CCC1. The van der Waals surface area contributed by atoms with E-state index in [-0.39, 0.29) is 0 Å². The number of fused-ring (bicyclic) bond motifs is 4. The molecule has 0 aliphatic heterocycles. The fourth-order valence-electron chi connectivity index (χ4n) is 9.60. The highest BCUT2D eigenvalue weighted by molar-refractivity contribution is 6.06. The molecule has 1 fully saturated rings. The van der Waals surface area contributed by atoms with Crippen molar-refractivity contribution in [3.63, 3.8) is 0 Å². The molecule has 0 amide bonds. The molecule has 0 N–H and O–H groups in total. The van der Waals surface area contributed by atoms with Crippen molar-refractivity contribution in [2.75, 3.05) is 0 Å². The third kappa shape index (κ3) is 6.96. The van der Waals surface area contributed by atoms with Crippen LogP contribution in [0, 0.1) is 6.92 Å². The predicted molar refractivity (Wildman–Crippen MR) is 266 cm³/mol. The number of aromatic nitrogens is 2. The summed E-state index contributed by atoms with van der Waals surface area (Å²) in [6, 6.07) is 74.3. The van der Waals surface area contributed by atoms with E-state index in [1.165, 1.54) is 69.0 Å². The van der Waals surface area contributed by atoms with Gasteiger partial charge in [-0.25, -0.2) is 9.97 Å². The predicted octanol–water partition coefficient (Wildman–Crippen LogP) is 16.8. The van der Waals surface area contributed by atoms with E-state index in [4.69, 9.17) is 14.4 Å². The molecule has 3 heteroatoms. The zero-order chi connectivity index (χ0) is 42.6. The van der Waals surface area contributed by atoms with E-state index < -0.39 is 0 Å². The molecule has 0 radical (unpaired) electrons. The normalized spacial score (nSPS) is 12.8. The maximum absolute atomic E-state index is 6.28. The molecule has 3 nitrogen and oxygen atoms in total. The lowest BCUT2D eigenvalue weighted by Gasteiger charge is -2.29. The number of benzene rings is 9. The first-order chi connectivity index (χ1) is 31.6. The first kappa shape index (κ1) is 37.8. The molecular formula is C61H44N2O. The fourth-order valence-corrected chi connectivity index (χ4v) is 9.60. The Kier molecular flexibility index (Phi) is 9.34. The Bertz CT molecular complexity index is 3540. The first-order valence-corrected chi connectivity index (χ1v) is 22.4. The van der Waals surface area contributed by atoms with Crippen LogP contribution in [0.2, 0.25) is 0 Å². The van der Waals surface area contributed by atoms with Gasteiger partial charge < -0.3 is 4.42 Å². The molecule has 0 spiro atoms. The molecule has 0 unspecified atom stereocenters. The quantitative estimate of drug-likeness (QED) is 0.153. The smallest absolute Gasteiger partial charge is 0.160 e. The van der Waals surface area contributed by atoms with Gasteiger partial charge in [-0.15, -0.1) is 0 Å². The third-order valence-corrected chi connectivity index (χ3v) is 13.3. The Morgan fingerprint density at radius 1 is 0.391 bits per heavy atom. The highest BCUT2D eigenvalue weighted by Gasteiger charge is 2.24. The Morgan fingerprint density at radius 3 is 1.80 bits per heavy atom. The summed E-state index contributed by atoms with van der Waals surface area (Å²) >= 11 is 0. The van der Waals surface area contributed by atoms with Crippen molar-refractivity contribution in [2.45, 2.75) is 32.1 Å². The molecule has 2 aromatic heterocycles. The van der Waals surface area contributed by atoms with Crippen LogP contribution in [0.1, 0.15) is 36.3 Å². The van der Waals surface area contributed by atoms with Gasteiger partial charge in [-0.2, -0.15) is 0 Å². The number of hydrogen-bond donors (Lipinski definition) is 0. The van der Waals surface area contributed by atoms with Crippen LogP contribution in [-0.2, 0) is 0 Å². The van der Waals surface area contributed by atoms with Crippen LogP contribution >= 0.6 is 0 Å². The van der Waals surface area contributed by atoms with Crippen LogP contribution in [0.4, 0.5) is 0 Å². The van der Waals surface area contributed by atoms with Crippen LogP contribution in [0.15, 0.2) is 211 Å². The van der Waals surface area contributed by atoms with Crippen LogP contribution in [-0.4, -0.2) is 9.97 Å². The van der Waals surface area contributed by atoms with Gasteiger partial charge in [-0.3, -0.25) is 0 Å². The average molecular weight is 821 g/mol. The van der Waals surface area contributed by atoms with Crippen molar-refractivity contribution in [1.29, 1.82) is 0 Å². The maximum Gasteiger partial charge on any atom is 0.160 e. The highest BCUT2D eigenvalue weighted by Crippen LogP contribution is 2.44. The summed E-state index contributed by atoms with van der Waals surface area (Å²) in [5.74, 6) is 1.29. The first-order valence-electron chi connectivity index (χ1n) is 22.4. The number of aryl methyl sites for hydroxylation is 1. The molecule has 1 aliphatic carbocycles. The minimum Gasteiger partial charge on any atom is -0.456 e. The van der Waals surface area contributed by atoms with Crippen molar-refractivity contribution in [1.82, 2.24) is 9.97 Å². The lowest BCUT2D eigenvalue weighted by atomic mass is 9.76. The Hall–Kier alpha value is -7.88. The van der Waals surface area contributed by atoms with E-state index in [0.29, 0.717) is 11.7 Å². The van der Waals surface area contributed by atoms with Gasteiger partial charge >= 0.3 is 0 Å². The van der Waals surface area contributed by atoms with Gasteiger partial charge in [-0.05, 0) is 147 Å². The Balaban J connectivity index is 1.03. The molecule has 1 saturated carbocycles. The van der Waals surface area contributed by atoms with Crippen LogP contribution in [0.3, 0.4) is 0 Å². The van der Waals surface area contributed by atoms with E-state index >= 15 is 0 Å². The van der Waals surface area contributed by atoms with Crippen molar-refractivity contribution >= 4 is 32.7 Å². The Morgan fingerprint density at radius 2 is 1.00 bits per heavy atom. The summed E-state index contributed by atoms with van der Waals surface area (Å²) in [5, 5.41) is 4.70. The summed E-state index contributed by atoms with van der Waals surface area (Å²) in [6.07, 6.45) is 3.78. The standard InChI is InChI=1S/C61H44N2O/c1-39-12-5-8-19-52(39)55-36-47(28-30-53(55)42-17-11-18-42)49-33-50(48-29-31-60-56(37-48)54-20-9-10-21-59(54)64-60)35-51(34-49)58-38-57(62-61(63-58)44-14-3-2-4-15-44)43-25-22-41(23-26-43)46-27-24-40-13-6-7-16-45(40)32-46/h2-10,12-16,19-38,42H,11,17-18H2,1H3. The zero-order valence-electron chi connectivity index (χ0n) is 35.6. The lowest BCUT2D eigenvalue weighted by molar-refractivity contribution is 0.420. The number of rotatable bonds is 8. The lowest BCUT2D eigenvalue weighted by Crippen LogP contribution is -2.10. The summed E-state index contributed by atoms with van der Waals surface area (Å²) in [6.45, 7) is 2.23. The van der Waals surface area contributed by atoms with E-state index in [0.717, 1.165) is 66.7 Å². The second-order valence-electron chi connectivity index (χ2n) is 17.3. The minimum absolute atomic E-state index is 0.597. The molecule has 0 bridgehead atoms. The summed E-state index contributed by atoms with van der Waals surface area (Å²) in [4.78, 5) is 10.6. The number of furan rings is 1. The van der Waals surface area contributed by atoms with E-state index in [1.54, 1.807) is 0 Å². The molecule has 304 valence electrons. The molecule has 1 aliphatic rings. The van der Waals surface area contributed by atoms with Crippen LogP contribution < -0.4 is 0 Å². The summed E-state index contributed by atoms with van der Waals surface area (Å²) in [7, 11) is 0. The van der Waals surface area contributed by atoms with E-state index in [1.807, 2.05) is 18.2 Å². The largest absolute Gasteiger partial charge is 0.456 e. The van der Waals surface area contributed by atoms with Gasteiger partial charge in [0.1, 0.15) is 11.2 Å². The molecule has 0 saturated heterocycles. The average Bonchev–Trinajstić information content (AvgIpc) is 3.72. The molecule has 11 aromatic rings. The molecule has 0 atom stereocenters. The minimum atomic E-state index is 0.597. The van der Waals surface area contributed by atoms with Gasteiger partial charge in [0.05, 0.1) is 11.4 Å². The third-order valence-electron chi connectivity index (χ3n) is 13.3. The van der Waals surface area contributed by atoms with E-state index in [2.05, 4.69) is 195 Å². The molecule has 9 aromatic carbocycles. The van der Waals surface area contributed by atoms with Crippen molar-refractivity contribution in [3.8, 4) is 78.4 Å². The van der Waals surface area contributed by atoms with Gasteiger partial charge in [0.2, 0.25) is 0 Å². The summed E-state index contributed by atoms with van der Waals surface area (Å²) < 4.78 is 6.28. The van der Waals surface area contributed by atoms with Crippen molar-refractivity contribution in [3.05, 3.63) is 217 Å². The van der Waals surface area contributed by atoms with Crippen LogP contribution in [0.5, 0.6) is 0 Å². The van der Waals surface area contributed by atoms with Crippen molar-refractivity contribution in [2.24, 2.45) is 0 Å².